The molecule has 0 radical (unpaired) electrons. The Labute approximate surface area is 122 Å². The van der Waals surface area contributed by atoms with E-state index in [1.54, 1.807) is 5.57 Å². The Morgan fingerprint density at radius 2 is 2.05 bits per heavy atom. The highest BCUT2D eigenvalue weighted by Gasteiger charge is 2.29. The molecule has 0 nitrogen and oxygen atoms in total. The second-order valence-corrected chi connectivity index (χ2v) is 5.78. The molecule has 1 saturated carbocycles. The van der Waals surface area contributed by atoms with Crippen molar-refractivity contribution in [3.05, 3.63) is 70.8 Å². The first-order chi connectivity index (χ1) is 9.74. The molecule has 0 heteroatoms. The van der Waals surface area contributed by atoms with E-state index < -0.39 is 0 Å². The summed E-state index contributed by atoms with van der Waals surface area (Å²) >= 11 is 0. The van der Waals surface area contributed by atoms with Crippen LogP contribution in [0.2, 0.25) is 0 Å². The minimum absolute atomic E-state index is 0.864. The Hall–Kier alpha value is -1.82. The van der Waals surface area contributed by atoms with Gasteiger partial charge >= 0.3 is 0 Å². The van der Waals surface area contributed by atoms with Crippen LogP contribution in [0.5, 0.6) is 0 Å². The van der Waals surface area contributed by atoms with E-state index >= 15 is 0 Å². The molecule has 0 aromatic heterocycles. The van der Waals surface area contributed by atoms with Gasteiger partial charge in [0, 0.05) is 0 Å². The maximum absolute atomic E-state index is 4.21. The summed E-state index contributed by atoms with van der Waals surface area (Å²) in [7, 11) is 0. The zero-order chi connectivity index (χ0) is 14.1. The predicted octanol–water partition coefficient (Wildman–Crippen LogP) is 5.57. The van der Waals surface area contributed by atoms with E-state index in [1.165, 1.54) is 35.1 Å². The topological polar surface area (TPSA) is 0 Å². The van der Waals surface area contributed by atoms with E-state index in [1.807, 2.05) is 6.92 Å². The number of rotatable bonds is 4. The summed E-state index contributed by atoms with van der Waals surface area (Å²) in [4.78, 5) is 0. The molecule has 2 aliphatic rings. The molecule has 1 aromatic carbocycles. The highest BCUT2D eigenvalue weighted by Crippen LogP contribution is 2.44. The largest absolute Gasteiger partial charge is 0.0912 e. The number of hydrogen-bond donors (Lipinski definition) is 0. The Kier molecular flexibility index (Phi) is 3.48. The third-order valence-corrected chi connectivity index (χ3v) is 4.32. The molecule has 2 aliphatic carbocycles. The van der Waals surface area contributed by atoms with Gasteiger partial charge in [-0.15, -0.1) is 0 Å². The Balaban J connectivity index is 2.03. The normalized spacial score (nSPS) is 18.3. The summed E-state index contributed by atoms with van der Waals surface area (Å²) < 4.78 is 0. The molecule has 0 unspecified atom stereocenters. The highest BCUT2D eigenvalue weighted by atomic mass is 14.3. The summed E-state index contributed by atoms with van der Waals surface area (Å²) in [6.45, 7) is 8.35. The Morgan fingerprint density at radius 3 is 2.70 bits per heavy atom. The number of benzene rings is 1. The van der Waals surface area contributed by atoms with E-state index in [4.69, 9.17) is 0 Å². The van der Waals surface area contributed by atoms with Crippen molar-refractivity contribution >= 4 is 11.6 Å². The molecule has 0 atom stereocenters. The molecular formula is C20H22. The lowest BCUT2D eigenvalue weighted by atomic mass is 9.92. The molecule has 0 bridgehead atoms. The first kappa shape index (κ1) is 13.2. The second kappa shape index (κ2) is 5.28. The third kappa shape index (κ3) is 2.31. The van der Waals surface area contributed by atoms with Crippen molar-refractivity contribution in [3.63, 3.8) is 0 Å². The van der Waals surface area contributed by atoms with Crippen LogP contribution in [-0.4, -0.2) is 0 Å². The smallest absolute Gasteiger partial charge is 0.00548 e. The second-order valence-electron chi connectivity index (χ2n) is 5.78. The van der Waals surface area contributed by atoms with Crippen LogP contribution in [-0.2, 0) is 6.42 Å². The molecule has 0 N–H and O–H groups in total. The minimum Gasteiger partial charge on any atom is -0.0912 e. The zero-order valence-electron chi connectivity index (χ0n) is 12.4. The molecule has 1 aromatic rings. The summed E-state index contributed by atoms with van der Waals surface area (Å²) in [6.07, 6.45) is 12.7. The third-order valence-electron chi connectivity index (χ3n) is 4.32. The van der Waals surface area contributed by atoms with Gasteiger partial charge in [0.15, 0.2) is 0 Å². The fraction of sp³-hybridized carbons (Fsp3) is 0.300. The van der Waals surface area contributed by atoms with E-state index in [0.717, 1.165) is 17.9 Å². The van der Waals surface area contributed by atoms with Crippen LogP contribution < -0.4 is 0 Å². The van der Waals surface area contributed by atoms with E-state index in [9.17, 15) is 0 Å². The molecule has 0 saturated heterocycles. The van der Waals surface area contributed by atoms with Crippen LogP contribution in [0, 0.1) is 5.92 Å². The van der Waals surface area contributed by atoms with Gasteiger partial charge in [-0.05, 0) is 66.9 Å². The van der Waals surface area contributed by atoms with Crippen molar-refractivity contribution < 1.29 is 0 Å². The van der Waals surface area contributed by atoms with Gasteiger partial charge in [0.2, 0.25) is 0 Å². The first-order valence-electron chi connectivity index (χ1n) is 7.55. The maximum Gasteiger partial charge on any atom is -0.00548 e. The highest BCUT2D eigenvalue weighted by molar-refractivity contribution is 5.87. The molecule has 0 heterocycles. The van der Waals surface area contributed by atoms with Crippen LogP contribution in [0.25, 0.3) is 11.6 Å². The van der Waals surface area contributed by atoms with Crippen LogP contribution in [0.3, 0.4) is 0 Å². The molecule has 20 heavy (non-hydrogen) atoms. The van der Waals surface area contributed by atoms with Crippen LogP contribution >= 0.6 is 0 Å². The number of allylic oxidation sites excluding steroid dienone is 6. The van der Waals surface area contributed by atoms with Gasteiger partial charge in [-0.25, -0.2) is 0 Å². The van der Waals surface area contributed by atoms with E-state index in [2.05, 4.69) is 56.0 Å². The lowest BCUT2D eigenvalue weighted by molar-refractivity contribution is 0.962. The summed E-state index contributed by atoms with van der Waals surface area (Å²) in [5, 5.41) is 0. The van der Waals surface area contributed by atoms with Gasteiger partial charge in [0.05, 0.1) is 0 Å². The molecule has 1 fully saturated rings. The standard InChI is InChI=1S/C20H22/c1-4-7-14(3)18(5-2)19-9-6-8-16-12-17(13-20(16)19)15-10-11-15/h4-9,13,15H,3,10-12H2,1-2H3. The summed E-state index contributed by atoms with van der Waals surface area (Å²) in [5.41, 5.74) is 8.23. The Morgan fingerprint density at radius 1 is 1.25 bits per heavy atom. The van der Waals surface area contributed by atoms with Crippen molar-refractivity contribution in [1.29, 1.82) is 0 Å². The Bertz CT molecular complexity index is 634. The van der Waals surface area contributed by atoms with Crippen molar-refractivity contribution in [2.75, 3.05) is 0 Å². The lowest BCUT2D eigenvalue weighted by Gasteiger charge is -2.12. The van der Waals surface area contributed by atoms with Crippen LogP contribution in [0.1, 0.15) is 43.4 Å². The van der Waals surface area contributed by atoms with Gasteiger partial charge in [0.1, 0.15) is 0 Å². The number of hydrogen-bond acceptors (Lipinski definition) is 0. The van der Waals surface area contributed by atoms with Gasteiger partial charge in [-0.2, -0.15) is 0 Å². The number of fused-ring (bicyclic) bond motifs is 1. The van der Waals surface area contributed by atoms with Crippen molar-refractivity contribution in [2.45, 2.75) is 33.1 Å². The molecule has 0 spiro atoms. The van der Waals surface area contributed by atoms with Crippen LogP contribution in [0.4, 0.5) is 0 Å². The monoisotopic (exact) mass is 262 g/mol. The van der Waals surface area contributed by atoms with Gasteiger partial charge in [-0.3, -0.25) is 0 Å². The fourth-order valence-electron chi connectivity index (χ4n) is 3.15. The summed E-state index contributed by atoms with van der Waals surface area (Å²) in [6, 6.07) is 6.69. The first-order valence-corrected chi connectivity index (χ1v) is 7.55. The van der Waals surface area contributed by atoms with E-state index in [0.29, 0.717) is 0 Å². The SMILES string of the molecule is C=C(C=CC)C(=CC)c1cccc2c1C=C(C1CC1)C2. The molecule has 102 valence electrons. The lowest BCUT2D eigenvalue weighted by Crippen LogP contribution is -1.93. The predicted molar refractivity (Wildman–Crippen MR) is 88.5 cm³/mol. The summed E-state index contributed by atoms with van der Waals surface area (Å²) in [5.74, 6) is 0.864. The average Bonchev–Trinajstić information content (AvgIpc) is 3.19. The quantitative estimate of drug-likeness (QED) is 0.622. The maximum atomic E-state index is 4.21. The van der Waals surface area contributed by atoms with Gasteiger partial charge < -0.3 is 0 Å². The van der Waals surface area contributed by atoms with Gasteiger partial charge in [0.25, 0.3) is 0 Å². The van der Waals surface area contributed by atoms with Gasteiger partial charge in [-0.1, -0.05) is 54.7 Å². The van der Waals surface area contributed by atoms with E-state index in [-0.39, 0.29) is 0 Å². The van der Waals surface area contributed by atoms with Crippen molar-refractivity contribution in [2.24, 2.45) is 5.92 Å². The minimum atomic E-state index is 0.864. The van der Waals surface area contributed by atoms with Crippen LogP contribution in [0.15, 0.2) is 54.2 Å². The molecule has 0 aliphatic heterocycles. The molecule has 3 rings (SSSR count). The van der Waals surface area contributed by atoms with Crippen molar-refractivity contribution in [3.8, 4) is 0 Å². The van der Waals surface area contributed by atoms with Crippen molar-refractivity contribution in [1.82, 2.24) is 0 Å². The fourth-order valence-corrected chi connectivity index (χ4v) is 3.15. The zero-order valence-corrected chi connectivity index (χ0v) is 12.4. The average molecular weight is 262 g/mol. The molecule has 0 amide bonds. The molecular weight excluding hydrogens is 240 g/mol.